The van der Waals surface area contributed by atoms with Gasteiger partial charge in [-0.05, 0) is 12.5 Å². The van der Waals surface area contributed by atoms with Crippen LogP contribution >= 0.6 is 0 Å². The van der Waals surface area contributed by atoms with E-state index >= 15 is 0 Å². The van der Waals surface area contributed by atoms with Gasteiger partial charge in [0.15, 0.2) is 5.75 Å². The molecule has 1 aliphatic rings. The molecular formula is C16H16N6O2S. The number of H-pyrrole nitrogens is 1. The Morgan fingerprint density at radius 1 is 1.40 bits per heavy atom. The number of nitrogens with zero attached hydrogens (tertiary/aromatic N) is 4. The Labute approximate surface area is 144 Å². The van der Waals surface area contributed by atoms with Gasteiger partial charge in [0, 0.05) is 53.9 Å². The molecule has 0 aromatic carbocycles. The predicted octanol–water partition coefficient (Wildman–Crippen LogP) is 1.13. The normalized spacial score (nSPS) is 18.0. The number of sulfonamides is 1. The van der Waals surface area contributed by atoms with Crippen LogP contribution in [-0.2, 0) is 10.0 Å². The molecule has 3 aromatic heterocycles. The lowest BCUT2D eigenvalue weighted by Gasteiger charge is -2.20. The summed E-state index contributed by atoms with van der Waals surface area (Å²) in [6.45, 7) is 1.26. The van der Waals surface area contributed by atoms with E-state index in [2.05, 4.69) is 24.6 Å². The summed E-state index contributed by atoms with van der Waals surface area (Å²) in [5, 5.41) is 11.6. The molecule has 0 amide bonds. The van der Waals surface area contributed by atoms with Gasteiger partial charge in [-0.3, -0.25) is 4.98 Å². The smallest absolute Gasteiger partial charge is 0.225 e. The first-order chi connectivity index (χ1) is 12.1. The largest absolute Gasteiger partial charge is 0.368 e. The van der Waals surface area contributed by atoms with Crippen molar-refractivity contribution in [1.29, 1.82) is 5.26 Å². The van der Waals surface area contributed by atoms with E-state index in [9.17, 15) is 8.42 Å². The molecule has 128 valence electrons. The zero-order valence-corrected chi connectivity index (χ0v) is 14.1. The van der Waals surface area contributed by atoms with Gasteiger partial charge in [-0.25, -0.2) is 18.1 Å². The predicted molar refractivity (Wildman–Crippen MR) is 94.5 cm³/mol. The maximum absolute atomic E-state index is 11.8. The Morgan fingerprint density at radius 3 is 3.12 bits per heavy atom. The number of hydrogen-bond acceptors (Lipinski definition) is 6. The van der Waals surface area contributed by atoms with Crippen LogP contribution in [0.25, 0.3) is 21.8 Å². The van der Waals surface area contributed by atoms with Gasteiger partial charge in [-0.1, -0.05) is 0 Å². The molecule has 1 aliphatic heterocycles. The van der Waals surface area contributed by atoms with Gasteiger partial charge in [0.05, 0.1) is 18.0 Å². The van der Waals surface area contributed by atoms with Crippen LogP contribution < -0.4 is 9.62 Å². The first-order valence-electron chi connectivity index (χ1n) is 7.89. The molecule has 0 radical (unpaired) electrons. The van der Waals surface area contributed by atoms with Crippen molar-refractivity contribution in [2.45, 2.75) is 12.5 Å². The first-order valence-corrected chi connectivity index (χ1v) is 9.54. The van der Waals surface area contributed by atoms with Crippen LogP contribution in [0, 0.1) is 11.3 Å². The maximum atomic E-state index is 11.8. The summed E-state index contributed by atoms with van der Waals surface area (Å²) in [4.78, 5) is 13.9. The van der Waals surface area contributed by atoms with Crippen LogP contribution in [0.15, 0.2) is 30.9 Å². The van der Waals surface area contributed by atoms with E-state index in [1.54, 1.807) is 24.7 Å². The summed E-state index contributed by atoms with van der Waals surface area (Å²) in [5.41, 5.74) is 1.77. The molecule has 4 heterocycles. The lowest BCUT2D eigenvalue weighted by molar-refractivity contribution is 0.565. The summed E-state index contributed by atoms with van der Waals surface area (Å²) in [6.07, 6.45) is 7.91. The number of aromatic nitrogens is 3. The number of aromatic amines is 1. The van der Waals surface area contributed by atoms with Gasteiger partial charge >= 0.3 is 0 Å². The number of rotatable bonds is 4. The highest BCUT2D eigenvalue weighted by Gasteiger charge is 2.28. The minimum atomic E-state index is -3.56. The molecule has 0 saturated carbocycles. The summed E-state index contributed by atoms with van der Waals surface area (Å²) >= 11 is 0. The van der Waals surface area contributed by atoms with Crippen LogP contribution in [-0.4, -0.2) is 48.3 Å². The van der Waals surface area contributed by atoms with E-state index in [4.69, 9.17) is 5.26 Å². The van der Waals surface area contributed by atoms with Gasteiger partial charge in [-0.2, -0.15) is 5.26 Å². The monoisotopic (exact) mass is 356 g/mol. The van der Waals surface area contributed by atoms with Crippen LogP contribution in [0.4, 0.5) is 5.69 Å². The van der Waals surface area contributed by atoms with Crippen molar-refractivity contribution in [3.63, 3.8) is 0 Å². The molecule has 0 bridgehead atoms. The Balaban J connectivity index is 1.67. The summed E-state index contributed by atoms with van der Waals surface area (Å²) in [7, 11) is -3.56. The van der Waals surface area contributed by atoms with Crippen molar-refractivity contribution in [2.75, 3.05) is 23.7 Å². The second-order valence-corrected chi connectivity index (χ2v) is 7.84. The van der Waals surface area contributed by atoms with E-state index in [1.807, 2.05) is 12.3 Å². The van der Waals surface area contributed by atoms with Crippen molar-refractivity contribution in [1.82, 2.24) is 19.7 Å². The third-order valence-corrected chi connectivity index (χ3v) is 5.61. The molecule has 25 heavy (non-hydrogen) atoms. The van der Waals surface area contributed by atoms with Crippen molar-refractivity contribution in [2.24, 2.45) is 0 Å². The van der Waals surface area contributed by atoms with Gasteiger partial charge in [0.25, 0.3) is 0 Å². The Morgan fingerprint density at radius 2 is 2.28 bits per heavy atom. The first kappa shape index (κ1) is 15.8. The number of nitriles is 1. The van der Waals surface area contributed by atoms with Gasteiger partial charge in [0.2, 0.25) is 10.0 Å². The fourth-order valence-corrected chi connectivity index (χ4v) is 4.31. The molecule has 4 rings (SSSR count). The molecule has 1 fully saturated rings. The Kier molecular flexibility index (Phi) is 3.78. The lowest BCUT2D eigenvalue weighted by Crippen LogP contribution is -2.38. The molecule has 1 unspecified atom stereocenters. The van der Waals surface area contributed by atoms with Crippen LogP contribution in [0.2, 0.25) is 0 Å². The van der Waals surface area contributed by atoms with Crippen molar-refractivity contribution < 1.29 is 8.42 Å². The van der Waals surface area contributed by atoms with Crippen LogP contribution in [0.3, 0.4) is 0 Å². The third-order valence-electron chi connectivity index (χ3n) is 4.41. The third kappa shape index (κ3) is 2.90. The van der Waals surface area contributed by atoms with Crippen molar-refractivity contribution >= 4 is 37.5 Å². The van der Waals surface area contributed by atoms with Gasteiger partial charge < -0.3 is 9.88 Å². The number of nitrogens with one attached hydrogen (secondary N) is 2. The molecule has 3 aromatic rings. The Hall–Kier alpha value is -2.70. The zero-order chi connectivity index (χ0) is 17.4. The highest BCUT2D eigenvalue weighted by molar-refractivity contribution is 7.89. The second-order valence-electron chi connectivity index (χ2n) is 6.09. The molecule has 8 nitrogen and oxygen atoms in total. The fraction of sp³-hybridized carbons (Fsp3) is 0.312. The van der Waals surface area contributed by atoms with E-state index in [0.717, 1.165) is 34.0 Å². The molecule has 0 spiro atoms. The van der Waals surface area contributed by atoms with E-state index < -0.39 is 15.8 Å². The molecule has 1 saturated heterocycles. The SMILES string of the molecule is N#CCS(=O)(=O)NC1CCN(c2cncc3cnc4[nH]ccc4c23)C1. The average molecular weight is 356 g/mol. The Bertz CT molecular complexity index is 1080. The average Bonchev–Trinajstić information content (AvgIpc) is 3.22. The summed E-state index contributed by atoms with van der Waals surface area (Å²) in [5.74, 6) is -0.519. The van der Waals surface area contributed by atoms with Crippen molar-refractivity contribution in [3.8, 4) is 6.07 Å². The highest BCUT2D eigenvalue weighted by atomic mass is 32.2. The van der Waals surface area contributed by atoms with E-state index in [-0.39, 0.29) is 6.04 Å². The highest BCUT2D eigenvalue weighted by Crippen LogP contribution is 2.33. The number of pyridine rings is 2. The summed E-state index contributed by atoms with van der Waals surface area (Å²) in [6, 6.07) is 3.45. The number of fused-ring (bicyclic) bond motifs is 3. The topological polar surface area (TPSA) is 115 Å². The minimum absolute atomic E-state index is 0.211. The zero-order valence-electron chi connectivity index (χ0n) is 13.3. The standard InChI is InChI=1S/C16H16N6O2S/c17-3-6-25(23,24)21-12-2-5-22(10-12)14-9-18-7-11-8-20-16-13(15(11)14)1-4-19-16/h1,4,7-9,12,21H,2,5-6,10H2,(H,19,20). The van der Waals surface area contributed by atoms with E-state index in [0.29, 0.717) is 13.0 Å². The van der Waals surface area contributed by atoms with Crippen LogP contribution in [0.5, 0.6) is 0 Å². The lowest BCUT2D eigenvalue weighted by atomic mass is 10.1. The van der Waals surface area contributed by atoms with Gasteiger partial charge in [-0.15, -0.1) is 0 Å². The number of anilines is 1. The van der Waals surface area contributed by atoms with Crippen LogP contribution in [0.1, 0.15) is 6.42 Å². The second kappa shape index (κ2) is 5.98. The fourth-order valence-electron chi connectivity index (χ4n) is 3.36. The van der Waals surface area contributed by atoms with Crippen molar-refractivity contribution in [3.05, 3.63) is 30.9 Å². The number of hydrogen-bond donors (Lipinski definition) is 2. The summed E-state index contributed by atoms with van der Waals surface area (Å²) < 4.78 is 26.2. The molecular weight excluding hydrogens is 340 g/mol. The quantitative estimate of drug-likeness (QED) is 0.724. The minimum Gasteiger partial charge on any atom is -0.368 e. The van der Waals surface area contributed by atoms with E-state index in [1.165, 1.54) is 0 Å². The maximum Gasteiger partial charge on any atom is 0.225 e. The molecule has 0 aliphatic carbocycles. The molecule has 2 N–H and O–H groups in total. The molecule has 9 heteroatoms. The van der Waals surface area contributed by atoms with Gasteiger partial charge in [0.1, 0.15) is 5.65 Å². The molecule has 1 atom stereocenters.